The highest BCUT2D eigenvalue weighted by Gasteiger charge is 1.94. The number of para-hydroxylation sites is 1. The fraction of sp³-hybridized carbons (Fsp3) is 0. The Morgan fingerprint density at radius 1 is 1.33 bits per heavy atom. The lowest BCUT2D eigenvalue weighted by molar-refractivity contribution is 0.112. The van der Waals surface area contributed by atoms with Crippen LogP contribution in [-0.4, -0.2) is 11.3 Å². The molecule has 12 heavy (non-hydrogen) atoms. The van der Waals surface area contributed by atoms with Gasteiger partial charge in [-0.1, -0.05) is 18.2 Å². The van der Waals surface area contributed by atoms with Gasteiger partial charge in [-0.15, -0.1) is 0 Å². The molecule has 0 saturated heterocycles. The number of hydrogen-bond acceptors (Lipinski definition) is 2. The van der Waals surface area contributed by atoms with Crippen LogP contribution in [0.1, 0.15) is 10.4 Å². The lowest BCUT2D eigenvalue weighted by Crippen LogP contribution is -1.84. The maximum atomic E-state index is 10.4. The summed E-state index contributed by atoms with van der Waals surface area (Å²) in [6.07, 6.45) is 3.39. The second-order valence-electron chi connectivity index (χ2n) is 2.50. The van der Waals surface area contributed by atoms with Crippen molar-refractivity contribution in [3.8, 4) is 0 Å². The average molecular weight is 156 g/mol. The van der Waals surface area contributed by atoms with Gasteiger partial charge in [0.2, 0.25) is 0 Å². The number of nitrogens with zero attached hydrogens (tertiary/aromatic N) is 1. The maximum absolute atomic E-state index is 10.4. The van der Waals surface area contributed by atoms with Gasteiger partial charge in [-0.3, -0.25) is 4.79 Å². The Balaban J connectivity index is 2.75. The molecule has 0 aliphatic carbocycles. The fourth-order valence-corrected chi connectivity index (χ4v) is 1.10. The van der Waals surface area contributed by atoms with E-state index in [2.05, 4.69) is 11.2 Å². The lowest BCUT2D eigenvalue weighted by Gasteiger charge is -1.94. The summed E-state index contributed by atoms with van der Waals surface area (Å²) in [6.45, 7) is 0. The minimum Gasteiger partial charge on any atom is -0.298 e. The minimum absolute atomic E-state index is 0.494. The Labute approximate surface area is 69.9 Å². The van der Waals surface area contributed by atoms with Gasteiger partial charge in [0.05, 0.1) is 5.52 Å². The van der Waals surface area contributed by atoms with Crippen LogP contribution in [0.3, 0.4) is 0 Å². The van der Waals surface area contributed by atoms with E-state index in [1.165, 1.54) is 0 Å². The zero-order valence-electron chi connectivity index (χ0n) is 6.32. The number of aldehydes is 1. The quantitative estimate of drug-likeness (QED) is 0.590. The maximum Gasteiger partial charge on any atom is 0.152 e. The smallest absolute Gasteiger partial charge is 0.152 e. The first-order valence-electron chi connectivity index (χ1n) is 3.63. The Hall–Kier alpha value is -1.70. The van der Waals surface area contributed by atoms with Gasteiger partial charge < -0.3 is 0 Å². The third-order valence-electron chi connectivity index (χ3n) is 1.68. The van der Waals surface area contributed by atoms with E-state index < -0.39 is 0 Å². The summed E-state index contributed by atoms with van der Waals surface area (Å²) in [7, 11) is 0. The second-order valence-corrected chi connectivity index (χ2v) is 2.50. The van der Waals surface area contributed by atoms with Crippen LogP contribution in [0.5, 0.6) is 0 Å². The summed E-state index contributed by atoms with van der Waals surface area (Å²) in [5, 5.41) is 0.971. The Bertz CT molecular complexity index is 423. The summed E-state index contributed by atoms with van der Waals surface area (Å²) in [4.78, 5) is 14.4. The monoisotopic (exact) mass is 156 g/mol. The van der Waals surface area contributed by atoms with Crippen molar-refractivity contribution in [2.45, 2.75) is 0 Å². The van der Waals surface area contributed by atoms with Crippen LogP contribution in [0.2, 0.25) is 0 Å². The highest BCUT2D eigenvalue weighted by molar-refractivity contribution is 5.85. The largest absolute Gasteiger partial charge is 0.298 e. The molecular weight excluding hydrogens is 150 g/mol. The molecule has 2 nitrogen and oxygen atoms in total. The number of fused-ring (bicyclic) bond motifs is 1. The van der Waals surface area contributed by atoms with E-state index in [0.717, 1.165) is 17.2 Å². The zero-order valence-corrected chi connectivity index (χ0v) is 6.32. The van der Waals surface area contributed by atoms with Crippen LogP contribution in [0.15, 0.2) is 30.3 Å². The van der Waals surface area contributed by atoms with Gasteiger partial charge in [0.25, 0.3) is 0 Å². The van der Waals surface area contributed by atoms with E-state index in [1.54, 1.807) is 6.07 Å². The van der Waals surface area contributed by atoms with Crippen LogP contribution < -0.4 is 0 Å². The molecule has 1 aromatic heterocycles. The first-order valence-corrected chi connectivity index (χ1v) is 3.63. The SMILES string of the molecule is O=Cc1[c]nc2ccccc2c1. The third kappa shape index (κ3) is 1.07. The molecule has 2 rings (SSSR count). The number of pyridine rings is 1. The van der Waals surface area contributed by atoms with Gasteiger partial charge in [-0.25, -0.2) is 4.98 Å². The number of carbonyl (C=O) groups is 1. The van der Waals surface area contributed by atoms with Gasteiger partial charge in [-0.05, 0) is 12.1 Å². The lowest BCUT2D eigenvalue weighted by atomic mass is 10.2. The van der Waals surface area contributed by atoms with Crippen molar-refractivity contribution in [1.29, 1.82) is 0 Å². The number of rotatable bonds is 1. The number of hydrogen-bond donors (Lipinski definition) is 0. The van der Waals surface area contributed by atoms with Crippen molar-refractivity contribution in [2.75, 3.05) is 0 Å². The van der Waals surface area contributed by atoms with E-state index >= 15 is 0 Å². The summed E-state index contributed by atoms with van der Waals surface area (Å²) in [6, 6.07) is 9.40. The number of benzene rings is 1. The average Bonchev–Trinajstić information content (AvgIpc) is 2.17. The fourth-order valence-electron chi connectivity index (χ4n) is 1.10. The minimum atomic E-state index is 0.494. The van der Waals surface area contributed by atoms with Gasteiger partial charge in [0, 0.05) is 10.9 Å². The van der Waals surface area contributed by atoms with E-state index in [0.29, 0.717) is 5.56 Å². The van der Waals surface area contributed by atoms with E-state index in [1.807, 2.05) is 24.3 Å². The Morgan fingerprint density at radius 3 is 3.00 bits per heavy atom. The number of carbonyl (C=O) groups excluding carboxylic acids is 1. The standard InChI is InChI=1S/C10H6NO/c12-7-8-5-9-3-1-2-4-10(9)11-6-8/h1-5,7H. The molecule has 1 aromatic carbocycles. The molecule has 0 atom stereocenters. The van der Waals surface area contributed by atoms with Crippen molar-refractivity contribution in [1.82, 2.24) is 4.98 Å². The summed E-state index contributed by atoms with van der Waals surface area (Å²) in [5.41, 5.74) is 1.36. The summed E-state index contributed by atoms with van der Waals surface area (Å²) < 4.78 is 0. The third-order valence-corrected chi connectivity index (χ3v) is 1.68. The van der Waals surface area contributed by atoms with E-state index in [4.69, 9.17) is 0 Å². The second kappa shape index (κ2) is 2.74. The molecule has 0 fully saturated rings. The summed E-state index contributed by atoms with van der Waals surface area (Å²) >= 11 is 0. The Kier molecular flexibility index (Phi) is 1.59. The summed E-state index contributed by atoms with van der Waals surface area (Å²) in [5.74, 6) is 0. The molecule has 0 aliphatic heterocycles. The molecule has 2 heteroatoms. The Morgan fingerprint density at radius 2 is 2.17 bits per heavy atom. The van der Waals surface area contributed by atoms with E-state index in [9.17, 15) is 4.79 Å². The van der Waals surface area contributed by atoms with Gasteiger partial charge >= 0.3 is 0 Å². The highest BCUT2D eigenvalue weighted by Crippen LogP contribution is 2.10. The first kappa shape index (κ1) is 6.98. The highest BCUT2D eigenvalue weighted by atomic mass is 16.1. The van der Waals surface area contributed by atoms with Crippen LogP contribution in [-0.2, 0) is 0 Å². The van der Waals surface area contributed by atoms with Gasteiger partial charge in [0.1, 0.15) is 6.20 Å². The van der Waals surface area contributed by atoms with Crippen LogP contribution in [0, 0.1) is 6.20 Å². The van der Waals surface area contributed by atoms with Crippen molar-refractivity contribution >= 4 is 17.2 Å². The molecule has 0 unspecified atom stereocenters. The predicted octanol–water partition coefficient (Wildman–Crippen LogP) is 1.85. The molecular formula is C10H6NO. The first-order chi connectivity index (χ1) is 5.90. The predicted molar refractivity (Wildman–Crippen MR) is 46.0 cm³/mol. The molecule has 1 heterocycles. The number of aromatic nitrogens is 1. The van der Waals surface area contributed by atoms with Crippen molar-refractivity contribution < 1.29 is 4.79 Å². The zero-order chi connectivity index (χ0) is 8.39. The molecule has 0 bridgehead atoms. The van der Waals surface area contributed by atoms with Gasteiger partial charge in [-0.2, -0.15) is 0 Å². The molecule has 0 aliphatic rings. The molecule has 0 N–H and O–H groups in total. The normalized spacial score (nSPS) is 10.0. The molecule has 57 valence electrons. The van der Waals surface area contributed by atoms with Crippen molar-refractivity contribution in [3.63, 3.8) is 0 Å². The molecule has 0 spiro atoms. The van der Waals surface area contributed by atoms with Crippen molar-refractivity contribution in [2.24, 2.45) is 0 Å². The van der Waals surface area contributed by atoms with Crippen LogP contribution in [0.4, 0.5) is 0 Å². The molecule has 0 amide bonds. The van der Waals surface area contributed by atoms with E-state index in [-0.39, 0.29) is 0 Å². The molecule has 0 saturated carbocycles. The molecule has 2 aromatic rings. The topological polar surface area (TPSA) is 30.0 Å². The van der Waals surface area contributed by atoms with Crippen LogP contribution >= 0.6 is 0 Å². The van der Waals surface area contributed by atoms with Crippen LogP contribution in [0.25, 0.3) is 10.9 Å². The van der Waals surface area contributed by atoms with Crippen molar-refractivity contribution in [3.05, 3.63) is 42.1 Å². The molecule has 1 radical (unpaired) electrons. The van der Waals surface area contributed by atoms with Gasteiger partial charge in [0.15, 0.2) is 6.29 Å².